The molecule has 0 aliphatic carbocycles. The number of hydrogen-bond acceptors (Lipinski definition) is 4. The fourth-order valence-electron chi connectivity index (χ4n) is 2.16. The normalized spacial score (nSPS) is 10.5. The third-order valence-electron chi connectivity index (χ3n) is 3.23. The Kier molecular flexibility index (Phi) is 4.94. The van der Waals surface area contributed by atoms with E-state index in [1.165, 1.54) is 6.92 Å². The Labute approximate surface area is 152 Å². The van der Waals surface area contributed by atoms with Gasteiger partial charge in [-0.15, -0.1) is 0 Å². The molecule has 3 rings (SSSR count). The number of amides is 2. The van der Waals surface area contributed by atoms with Crippen molar-refractivity contribution in [3.63, 3.8) is 0 Å². The highest BCUT2D eigenvalue weighted by Crippen LogP contribution is 2.14. The van der Waals surface area contributed by atoms with Crippen LogP contribution < -0.4 is 10.6 Å². The van der Waals surface area contributed by atoms with Crippen LogP contribution in [0.1, 0.15) is 17.4 Å². The molecule has 2 N–H and O–H groups in total. The molecule has 9 heteroatoms. The Morgan fingerprint density at radius 2 is 1.76 bits per heavy atom. The molecule has 25 heavy (non-hydrogen) atoms. The maximum Gasteiger partial charge on any atom is 0.276 e. The lowest BCUT2D eigenvalue weighted by atomic mass is 10.2. The minimum absolute atomic E-state index is 0.147. The highest BCUT2D eigenvalue weighted by molar-refractivity contribution is 9.10. The van der Waals surface area contributed by atoms with Crippen molar-refractivity contribution >= 4 is 39.1 Å². The van der Waals surface area contributed by atoms with E-state index in [1.54, 1.807) is 52.1 Å². The molecule has 0 unspecified atom stereocenters. The van der Waals surface area contributed by atoms with E-state index in [4.69, 9.17) is 0 Å². The van der Waals surface area contributed by atoms with Crippen LogP contribution in [-0.4, -0.2) is 31.4 Å². The summed E-state index contributed by atoms with van der Waals surface area (Å²) in [4.78, 5) is 23.3. The first-order chi connectivity index (χ1) is 12.0. The Morgan fingerprint density at radius 3 is 2.36 bits per heavy atom. The molecule has 1 aromatic carbocycles. The molecular formula is C16H15BrN6O2. The number of anilines is 2. The standard InChI is InChI=1S/C16H15BrN6O2/c1-11(24)19-13-2-4-14(5-3-13)20-16(25)15-6-7-22(21-15)10-23-9-12(17)8-18-23/h2-9H,10H2,1H3,(H,19,24)(H,20,25). The van der Waals surface area contributed by atoms with E-state index >= 15 is 0 Å². The van der Waals surface area contributed by atoms with Crippen molar-refractivity contribution in [2.45, 2.75) is 13.6 Å². The zero-order valence-corrected chi connectivity index (χ0v) is 14.9. The van der Waals surface area contributed by atoms with Gasteiger partial charge in [0.05, 0.1) is 10.7 Å². The molecule has 0 saturated carbocycles. The molecule has 3 aromatic rings. The number of rotatable bonds is 5. The van der Waals surface area contributed by atoms with Gasteiger partial charge in [-0.3, -0.25) is 14.3 Å². The first-order valence-corrected chi connectivity index (χ1v) is 8.19. The zero-order valence-electron chi connectivity index (χ0n) is 13.3. The monoisotopic (exact) mass is 402 g/mol. The van der Waals surface area contributed by atoms with Crippen molar-refractivity contribution in [2.24, 2.45) is 0 Å². The summed E-state index contributed by atoms with van der Waals surface area (Å²) in [5.74, 6) is -0.459. The van der Waals surface area contributed by atoms with Crippen LogP contribution in [0.15, 0.2) is 53.4 Å². The summed E-state index contributed by atoms with van der Waals surface area (Å²) in [5, 5.41) is 13.8. The average molecular weight is 403 g/mol. The van der Waals surface area contributed by atoms with Crippen molar-refractivity contribution in [3.05, 3.63) is 59.1 Å². The minimum atomic E-state index is -0.312. The lowest BCUT2D eigenvalue weighted by molar-refractivity contribution is -0.114. The van der Waals surface area contributed by atoms with E-state index in [0.29, 0.717) is 23.7 Å². The van der Waals surface area contributed by atoms with Gasteiger partial charge in [0.2, 0.25) is 5.91 Å². The molecule has 0 fully saturated rings. The number of nitrogens with zero attached hydrogens (tertiary/aromatic N) is 4. The van der Waals surface area contributed by atoms with Crippen LogP contribution in [0.25, 0.3) is 0 Å². The lowest BCUT2D eigenvalue weighted by Gasteiger charge is -2.06. The molecule has 0 spiro atoms. The molecule has 128 valence electrons. The largest absolute Gasteiger partial charge is 0.326 e. The van der Waals surface area contributed by atoms with Crippen molar-refractivity contribution in [1.82, 2.24) is 19.6 Å². The maximum atomic E-state index is 12.3. The fraction of sp³-hybridized carbons (Fsp3) is 0.125. The average Bonchev–Trinajstić information content (AvgIpc) is 3.18. The van der Waals surface area contributed by atoms with Crippen LogP contribution in [0, 0.1) is 0 Å². The van der Waals surface area contributed by atoms with Crippen molar-refractivity contribution in [1.29, 1.82) is 0 Å². The van der Waals surface area contributed by atoms with Gasteiger partial charge in [-0.1, -0.05) is 0 Å². The molecule has 2 aromatic heterocycles. The maximum absolute atomic E-state index is 12.3. The number of hydrogen-bond donors (Lipinski definition) is 2. The van der Waals surface area contributed by atoms with Crippen LogP contribution in [-0.2, 0) is 11.5 Å². The second kappa shape index (κ2) is 7.31. The quantitative estimate of drug-likeness (QED) is 0.685. The summed E-state index contributed by atoms with van der Waals surface area (Å²) >= 11 is 3.33. The zero-order chi connectivity index (χ0) is 17.8. The lowest BCUT2D eigenvalue weighted by Crippen LogP contribution is -2.15. The van der Waals surface area contributed by atoms with Crippen molar-refractivity contribution in [2.75, 3.05) is 10.6 Å². The molecule has 2 heterocycles. The smallest absolute Gasteiger partial charge is 0.276 e. The first kappa shape index (κ1) is 16.9. The second-order valence-corrected chi connectivity index (χ2v) is 6.21. The van der Waals surface area contributed by atoms with E-state index in [9.17, 15) is 9.59 Å². The molecule has 0 aliphatic rings. The van der Waals surface area contributed by atoms with E-state index in [1.807, 2.05) is 6.20 Å². The molecule has 0 saturated heterocycles. The van der Waals surface area contributed by atoms with Crippen molar-refractivity contribution < 1.29 is 9.59 Å². The van der Waals surface area contributed by atoms with Crippen LogP contribution >= 0.6 is 15.9 Å². The van der Waals surface area contributed by atoms with Crippen LogP contribution in [0.5, 0.6) is 0 Å². The third kappa shape index (κ3) is 4.54. The van der Waals surface area contributed by atoms with Crippen LogP contribution in [0.2, 0.25) is 0 Å². The second-order valence-electron chi connectivity index (χ2n) is 5.29. The van der Waals surface area contributed by atoms with Gasteiger partial charge in [-0.05, 0) is 46.3 Å². The van der Waals surface area contributed by atoms with Crippen LogP contribution in [0.3, 0.4) is 0 Å². The van der Waals surface area contributed by atoms with Gasteiger partial charge < -0.3 is 10.6 Å². The van der Waals surface area contributed by atoms with Gasteiger partial charge in [-0.25, -0.2) is 4.68 Å². The van der Waals surface area contributed by atoms with E-state index in [-0.39, 0.29) is 11.8 Å². The van der Waals surface area contributed by atoms with E-state index in [0.717, 1.165) is 4.47 Å². The molecule has 8 nitrogen and oxygen atoms in total. The summed E-state index contributed by atoms with van der Waals surface area (Å²) in [6, 6.07) is 8.48. The van der Waals surface area contributed by atoms with Gasteiger partial charge in [0.15, 0.2) is 5.69 Å². The summed E-state index contributed by atoms with van der Waals surface area (Å²) in [6.45, 7) is 1.85. The number of carbonyl (C=O) groups excluding carboxylic acids is 2. The van der Waals surface area contributed by atoms with Crippen molar-refractivity contribution in [3.8, 4) is 0 Å². The van der Waals surface area contributed by atoms with Gasteiger partial charge in [-0.2, -0.15) is 10.2 Å². The summed E-state index contributed by atoms with van der Waals surface area (Å²) in [6.07, 6.45) is 5.21. The Bertz CT molecular complexity index is 900. The molecule has 0 radical (unpaired) electrons. The third-order valence-corrected chi connectivity index (χ3v) is 3.64. The predicted molar refractivity (Wildman–Crippen MR) is 96.3 cm³/mol. The Balaban J connectivity index is 1.62. The first-order valence-electron chi connectivity index (χ1n) is 7.40. The topological polar surface area (TPSA) is 93.8 Å². The van der Waals surface area contributed by atoms with Gasteiger partial charge in [0, 0.05) is 30.7 Å². The molecule has 2 amide bonds. The van der Waals surface area contributed by atoms with Gasteiger partial charge in [0.1, 0.15) is 6.67 Å². The SMILES string of the molecule is CC(=O)Nc1ccc(NC(=O)c2ccn(Cn3cc(Br)cn3)n2)cc1. The highest BCUT2D eigenvalue weighted by atomic mass is 79.9. The number of nitrogens with one attached hydrogen (secondary N) is 2. The number of aromatic nitrogens is 4. The Morgan fingerprint density at radius 1 is 1.08 bits per heavy atom. The summed E-state index contributed by atoms with van der Waals surface area (Å²) in [7, 11) is 0. The molecular weight excluding hydrogens is 388 g/mol. The summed E-state index contributed by atoms with van der Waals surface area (Å²) in [5.41, 5.74) is 1.59. The fourth-order valence-corrected chi connectivity index (χ4v) is 2.49. The Hall–Kier alpha value is -2.94. The molecule has 0 atom stereocenters. The summed E-state index contributed by atoms with van der Waals surface area (Å²) < 4.78 is 4.19. The minimum Gasteiger partial charge on any atom is -0.326 e. The molecule has 0 aliphatic heterocycles. The van der Waals surface area contributed by atoms with E-state index in [2.05, 4.69) is 36.8 Å². The van der Waals surface area contributed by atoms with E-state index < -0.39 is 0 Å². The number of benzene rings is 1. The number of halogens is 1. The molecule has 0 bridgehead atoms. The predicted octanol–water partition coefficient (Wildman–Crippen LogP) is 2.56. The number of carbonyl (C=O) groups is 2. The van der Waals surface area contributed by atoms with Crippen LogP contribution in [0.4, 0.5) is 11.4 Å². The van der Waals surface area contributed by atoms with Gasteiger partial charge >= 0.3 is 0 Å². The highest BCUT2D eigenvalue weighted by Gasteiger charge is 2.10. The van der Waals surface area contributed by atoms with Gasteiger partial charge in [0.25, 0.3) is 5.91 Å².